The number of anilines is 1. The molecule has 1 N–H and O–H groups in total. The lowest BCUT2D eigenvalue weighted by Gasteiger charge is -2.32. The number of ether oxygens (including phenoxy) is 1. The molecule has 1 saturated heterocycles. The van der Waals surface area contributed by atoms with Crippen LogP contribution in [-0.2, 0) is 10.2 Å². The van der Waals surface area contributed by atoms with Crippen molar-refractivity contribution < 1.29 is 9.53 Å². The Morgan fingerprint density at radius 2 is 2.07 bits per heavy atom. The summed E-state index contributed by atoms with van der Waals surface area (Å²) < 4.78 is 7.14. The minimum Gasteiger partial charge on any atom is -0.384 e. The molecule has 0 aliphatic carbocycles. The number of urea groups is 1. The van der Waals surface area contributed by atoms with Crippen LogP contribution in [0.5, 0.6) is 0 Å². The maximum absolute atomic E-state index is 13.0. The monoisotopic (exact) mass is 384 g/mol. The van der Waals surface area contributed by atoms with E-state index in [1.54, 1.807) is 7.11 Å². The van der Waals surface area contributed by atoms with E-state index in [9.17, 15) is 4.79 Å². The van der Waals surface area contributed by atoms with Crippen LogP contribution in [0, 0.1) is 12.8 Å². The van der Waals surface area contributed by atoms with Gasteiger partial charge in [-0.2, -0.15) is 5.10 Å². The van der Waals surface area contributed by atoms with Gasteiger partial charge in [0.25, 0.3) is 0 Å². The lowest BCUT2D eigenvalue weighted by atomic mass is 9.92. The van der Waals surface area contributed by atoms with Gasteiger partial charge in [-0.05, 0) is 31.4 Å². The highest BCUT2D eigenvalue weighted by molar-refractivity contribution is 5.89. The number of aryl methyl sites for hydroxylation is 1. The zero-order chi connectivity index (χ0) is 20.3. The number of aromatic nitrogens is 2. The van der Waals surface area contributed by atoms with Crippen molar-refractivity contribution in [3.05, 3.63) is 41.6 Å². The highest BCUT2D eigenvalue weighted by atomic mass is 16.5. The van der Waals surface area contributed by atoms with Gasteiger partial charge < -0.3 is 9.64 Å². The van der Waals surface area contributed by atoms with Gasteiger partial charge in [0.2, 0.25) is 0 Å². The number of nitrogens with zero attached hydrogens (tertiary/aromatic N) is 3. The summed E-state index contributed by atoms with van der Waals surface area (Å²) in [4.78, 5) is 14.9. The summed E-state index contributed by atoms with van der Waals surface area (Å²) in [5.41, 5.74) is 2.92. The van der Waals surface area contributed by atoms with Crippen LogP contribution in [0.25, 0.3) is 5.69 Å². The highest BCUT2D eigenvalue weighted by Gasteiger charge is 2.26. The van der Waals surface area contributed by atoms with E-state index < -0.39 is 0 Å². The summed E-state index contributed by atoms with van der Waals surface area (Å²) in [5, 5.41) is 7.93. The molecule has 2 amide bonds. The molecule has 152 valence electrons. The van der Waals surface area contributed by atoms with E-state index in [-0.39, 0.29) is 11.4 Å². The quantitative estimate of drug-likeness (QED) is 0.852. The molecule has 1 aromatic carbocycles. The summed E-state index contributed by atoms with van der Waals surface area (Å²) in [6.07, 6.45) is 2.11. The largest absolute Gasteiger partial charge is 0.384 e. The normalized spacial score (nSPS) is 17.6. The number of rotatable bonds is 4. The topological polar surface area (TPSA) is 59.4 Å². The SMILES string of the molecule is COCC1CCCN(C(=O)Nc2cc(C(C)(C)C)nn2-c2ccccc2C)C1. The summed E-state index contributed by atoms with van der Waals surface area (Å²) in [6, 6.07) is 10.00. The predicted octanol–water partition coefficient (Wildman–Crippen LogP) is 4.37. The van der Waals surface area contributed by atoms with E-state index in [0.717, 1.165) is 42.9 Å². The van der Waals surface area contributed by atoms with Gasteiger partial charge in [0, 0.05) is 37.6 Å². The second kappa shape index (κ2) is 8.35. The Labute approximate surface area is 167 Å². The summed E-state index contributed by atoms with van der Waals surface area (Å²) in [7, 11) is 1.72. The maximum atomic E-state index is 13.0. The van der Waals surface area contributed by atoms with Crippen LogP contribution in [0.3, 0.4) is 0 Å². The second-order valence-corrected chi connectivity index (χ2v) is 8.70. The maximum Gasteiger partial charge on any atom is 0.323 e. The molecule has 1 atom stereocenters. The fraction of sp³-hybridized carbons (Fsp3) is 0.545. The third-order valence-corrected chi connectivity index (χ3v) is 5.26. The average molecular weight is 385 g/mol. The molecule has 6 nitrogen and oxygen atoms in total. The number of hydrogen-bond acceptors (Lipinski definition) is 3. The number of piperidine rings is 1. The molecule has 6 heteroatoms. The molecule has 0 radical (unpaired) electrons. The van der Waals surface area contributed by atoms with Crippen LogP contribution < -0.4 is 5.32 Å². The van der Waals surface area contributed by atoms with E-state index in [2.05, 4.69) is 39.1 Å². The predicted molar refractivity (Wildman–Crippen MR) is 112 cm³/mol. The van der Waals surface area contributed by atoms with Gasteiger partial charge in [-0.1, -0.05) is 39.0 Å². The number of likely N-dealkylation sites (tertiary alicyclic amines) is 1. The standard InChI is InChI=1S/C22H32N4O2/c1-16-9-6-7-11-18(16)26-20(13-19(24-26)22(2,3)4)23-21(27)25-12-8-10-17(14-25)15-28-5/h6-7,9,11,13,17H,8,10,12,14-15H2,1-5H3,(H,23,27). The molecule has 2 aromatic rings. The Bertz CT molecular complexity index is 820. The van der Waals surface area contributed by atoms with Gasteiger partial charge in [-0.25, -0.2) is 9.48 Å². The van der Waals surface area contributed by atoms with Crippen LogP contribution >= 0.6 is 0 Å². The molecule has 0 bridgehead atoms. The number of nitrogens with one attached hydrogen (secondary N) is 1. The fourth-order valence-electron chi connectivity index (χ4n) is 3.63. The third-order valence-electron chi connectivity index (χ3n) is 5.26. The first kappa shape index (κ1) is 20.4. The Balaban J connectivity index is 1.87. The number of carbonyl (C=O) groups excluding carboxylic acids is 1. The summed E-state index contributed by atoms with van der Waals surface area (Å²) in [5.74, 6) is 1.11. The zero-order valence-corrected chi connectivity index (χ0v) is 17.7. The minimum atomic E-state index is -0.109. The number of carbonyl (C=O) groups is 1. The van der Waals surface area contributed by atoms with Crippen LogP contribution in [0.1, 0.15) is 44.9 Å². The lowest BCUT2D eigenvalue weighted by molar-refractivity contribution is 0.104. The molecule has 2 heterocycles. The fourth-order valence-corrected chi connectivity index (χ4v) is 3.63. The molecule has 1 unspecified atom stereocenters. The van der Waals surface area contributed by atoms with Crippen molar-refractivity contribution in [2.75, 3.05) is 32.1 Å². The highest BCUT2D eigenvalue weighted by Crippen LogP contribution is 2.28. The van der Waals surface area contributed by atoms with Crippen LogP contribution in [-0.4, -0.2) is 47.5 Å². The Morgan fingerprint density at radius 3 is 2.75 bits per heavy atom. The van der Waals surface area contributed by atoms with Crippen molar-refractivity contribution in [2.45, 2.75) is 46.0 Å². The molecule has 1 aliphatic heterocycles. The molecule has 1 fully saturated rings. The number of hydrogen-bond donors (Lipinski definition) is 1. The first-order valence-electron chi connectivity index (χ1n) is 10.0. The van der Waals surface area contributed by atoms with E-state index in [4.69, 9.17) is 9.84 Å². The Morgan fingerprint density at radius 1 is 1.32 bits per heavy atom. The van der Waals surface area contributed by atoms with Crippen LogP contribution in [0.2, 0.25) is 0 Å². The number of amides is 2. The Kier molecular flexibility index (Phi) is 6.08. The van der Waals surface area contributed by atoms with Gasteiger partial charge in [0.15, 0.2) is 0 Å². The van der Waals surface area contributed by atoms with Gasteiger partial charge in [0.05, 0.1) is 18.0 Å². The molecule has 0 spiro atoms. The van der Waals surface area contributed by atoms with Crippen molar-refractivity contribution in [2.24, 2.45) is 5.92 Å². The van der Waals surface area contributed by atoms with Crippen molar-refractivity contribution >= 4 is 11.8 Å². The van der Waals surface area contributed by atoms with E-state index in [0.29, 0.717) is 18.3 Å². The van der Waals surface area contributed by atoms with Crippen molar-refractivity contribution in [1.82, 2.24) is 14.7 Å². The average Bonchev–Trinajstić information content (AvgIpc) is 3.06. The van der Waals surface area contributed by atoms with Crippen molar-refractivity contribution in [3.63, 3.8) is 0 Å². The molecule has 1 aliphatic rings. The van der Waals surface area contributed by atoms with Crippen LogP contribution in [0.4, 0.5) is 10.6 Å². The number of benzene rings is 1. The smallest absolute Gasteiger partial charge is 0.323 e. The third kappa shape index (κ3) is 4.55. The molecular weight excluding hydrogens is 352 g/mol. The molecule has 3 rings (SSSR count). The molecule has 28 heavy (non-hydrogen) atoms. The van der Waals surface area contributed by atoms with Gasteiger partial charge in [-0.15, -0.1) is 0 Å². The zero-order valence-electron chi connectivity index (χ0n) is 17.7. The van der Waals surface area contributed by atoms with Gasteiger partial charge >= 0.3 is 6.03 Å². The summed E-state index contributed by atoms with van der Waals surface area (Å²) >= 11 is 0. The van der Waals surface area contributed by atoms with E-state index in [1.165, 1.54) is 0 Å². The minimum absolute atomic E-state index is 0.0732. The Hall–Kier alpha value is -2.34. The summed E-state index contributed by atoms with van der Waals surface area (Å²) in [6.45, 7) is 10.6. The van der Waals surface area contributed by atoms with Gasteiger partial charge in [-0.3, -0.25) is 5.32 Å². The van der Waals surface area contributed by atoms with E-state index >= 15 is 0 Å². The lowest BCUT2D eigenvalue weighted by Crippen LogP contribution is -2.43. The molecular formula is C22H32N4O2. The molecule has 0 saturated carbocycles. The van der Waals surface area contributed by atoms with Gasteiger partial charge in [0.1, 0.15) is 5.82 Å². The van der Waals surface area contributed by atoms with Crippen molar-refractivity contribution in [3.8, 4) is 5.69 Å². The molecule has 1 aromatic heterocycles. The number of para-hydroxylation sites is 1. The number of methoxy groups -OCH3 is 1. The van der Waals surface area contributed by atoms with Crippen LogP contribution in [0.15, 0.2) is 30.3 Å². The van der Waals surface area contributed by atoms with Crippen molar-refractivity contribution in [1.29, 1.82) is 0 Å². The second-order valence-electron chi connectivity index (χ2n) is 8.70. The first-order chi connectivity index (χ1) is 13.3. The van der Waals surface area contributed by atoms with E-state index in [1.807, 2.05) is 33.8 Å². The first-order valence-corrected chi connectivity index (χ1v) is 10.0.